The summed E-state index contributed by atoms with van der Waals surface area (Å²) in [5.74, 6) is 0.629. The van der Waals surface area contributed by atoms with Crippen LogP contribution in [-0.2, 0) is 0 Å². The van der Waals surface area contributed by atoms with Gasteiger partial charge in [0.15, 0.2) is 5.83 Å². The van der Waals surface area contributed by atoms with E-state index in [1.54, 1.807) is 12.1 Å². The van der Waals surface area contributed by atoms with Gasteiger partial charge in [0.1, 0.15) is 6.33 Å². The van der Waals surface area contributed by atoms with Crippen LogP contribution in [-0.4, -0.2) is 0 Å². The Balaban J connectivity index is 2.08. The van der Waals surface area contributed by atoms with E-state index in [4.69, 9.17) is 0 Å². The van der Waals surface area contributed by atoms with Gasteiger partial charge in [-0.2, -0.15) is 0 Å². The molecular formula is C15H18F2. The molecule has 0 amide bonds. The predicted octanol–water partition coefficient (Wildman–Crippen LogP) is 5.22. The van der Waals surface area contributed by atoms with Crippen molar-refractivity contribution >= 4 is 5.83 Å². The van der Waals surface area contributed by atoms with E-state index in [0.717, 1.165) is 5.92 Å². The zero-order chi connectivity index (χ0) is 12.3. The van der Waals surface area contributed by atoms with Crippen LogP contribution in [0.2, 0.25) is 0 Å². The maximum atomic E-state index is 13.0. The molecule has 0 N–H and O–H groups in total. The number of halogens is 2. The highest BCUT2D eigenvalue weighted by atomic mass is 19.2. The SMILES string of the molecule is CC1CCC(c2ccc(/C(F)=C\F)cc2)CC1. The van der Waals surface area contributed by atoms with Gasteiger partial charge >= 0.3 is 0 Å². The van der Waals surface area contributed by atoms with Crippen molar-refractivity contribution in [2.75, 3.05) is 0 Å². The van der Waals surface area contributed by atoms with Crippen molar-refractivity contribution < 1.29 is 8.78 Å². The molecule has 0 radical (unpaired) electrons. The maximum absolute atomic E-state index is 13.0. The van der Waals surface area contributed by atoms with Crippen LogP contribution in [0.5, 0.6) is 0 Å². The molecule has 0 nitrogen and oxygen atoms in total. The summed E-state index contributed by atoms with van der Waals surface area (Å²) in [5.41, 5.74) is 1.58. The van der Waals surface area contributed by atoms with Gasteiger partial charge in [0.25, 0.3) is 0 Å². The van der Waals surface area contributed by atoms with Crippen molar-refractivity contribution in [2.24, 2.45) is 5.92 Å². The molecule has 2 rings (SSSR count). The monoisotopic (exact) mass is 236 g/mol. The minimum atomic E-state index is -0.797. The Bertz CT molecular complexity index is 384. The molecule has 0 atom stereocenters. The van der Waals surface area contributed by atoms with Crippen LogP contribution in [0, 0.1) is 5.92 Å². The Morgan fingerprint density at radius 2 is 1.71 bits per heavy atom. The maximum Gasteiger partial charge on any atom is 0.158 e. The second-order valence-electron chi connectivity index (χ2n) is 5.04. The van der Waals surface area contributed by atoms with Crippen LogP contribution in [0.15, 0.2) is 30.6 Å². The van der Waals surface area contributed by atoms with Crippen LogP contribution in [0.4, 0.5) is 8.78 Å². The molecule has 0 aliphatic heterocycles. The lowest BCUT2D eigenvalue weighted by molar-refractivity contribution is 0.348. The molecule has 0 spiro atoms. The van der Waals surface area contributed by atoms with Crippen molar-refractivity contribution in [1.29, 1.82) is 0 Å². The van der Waals surface area contributed by atoms with Crippen LogP contribution in [0.1, 0.15) is 49.7 Å². The summed E-state index contributed by atoms with van der Waals surface area (Å²) in [7, 11) is 0. The van der Waals surface area contributed by atoms with Gasteiger partial charge in [-0.05, 0) is 30.2 Å². The average Bonchev–Trinajstić information content (AvgIpc) is 2.39. The molecule has 0 bridgehead atoms. The predicted molar refractivity (Wildman–Crippen MR) is 67.0 cm³/mol. The molecule has 0 heterocycles. The molecule has 17 heavy (non-hydrogen) atoms. The topological polar surface area (TPSA) is 0 Å². The number of hydrogen-bond donors (Lipinski definition) is 0. The van der Waals surface area contributed by atoms with Crippen LogP contribution in [0.3, 0.4) is 0 Å². The lowest BCUT2D eigenvalue weighted by atomic mass is 9.79. The fraction of sp³-hybridized carbons (Fsp3) is 0.467. The Kier molecular flexibility index (Phi) is 3.93. The van der Waals surface area contributed by atoms with Gasteiger partial charge in [-0.15, -0.1) is 0 Å². The van der Waals surface area contributed by atoms with Gasteiger partial charge in [0, 0.05) is 5.56 Å². The minimum Gasteiger partial charge on any atom is -0.212 e. The van der Waals surface area contributed by atoms with E-state index >= 15 is 0 Å². The minimum absolute atomic E-state index is 0.0112. The van der Waals surface area contributed by atoms with Crippen LogP contribution < -0.4 is 0 Å². The van der Waals surface area contributed by atoms with Gasteiger partial charge < -0.3 is 0 Å². The van der Waals surface area contributed by atoms with Crippen LogP contribution in [0.25, 0.3) is 5.83 Å². The first-order valence-electron chi connectivity index (χ1n) is 6.27. The molecule has 0 unspecified atom stereocenters. The number of hydrogen-bond acceptors (Lipinski definition) is 0. The first-order chi connectivity index (χ1) is 8.20. The fourth-order valence-electron chi connectivity index (χ4n) is 2.57. The molecule has 0 saturated heterocycles. The number of rotatable bonds is 2. The van der Waals surface area contributed by atoms with Gasteiger partial charge in [0.05, 0.1) is 0 Å². The summed E-state index contributed by atoms with van der Waals surface area (Å²) in [6.07, 6.45) is 4.97. The highest BCUT2D eigenvalue weighted by Gasteiger charge is 2.19. The first kappa shape index (κ1) is 12.3. The molecular weight excluding hydrogens is 218 g/mol. The van der Waals surface area contributed by atoms with Crippen molar-refractivity contribution in [2.45, 2.75) is 38.5 Å². The summed E-state index contributed by atoms with van der Waals surface area (Å²) in [6, 6.07) is 7.19. The summed E-state index contributed by atoms with van der Waals surface area (Å²) in [4.78, 5) is 0. The average molecular weight is 236 g/mol. The normalized spacial score (nSPS) is 25.9. The Hall–Kier alpha value is -1.18. The molecule has 1 aliphatic rings. The quantitative estimate of drug-likeness (QED) is 0.660. The van der Waals surface area contributed by atoms with Crippen molar-refractivity contribution in [1.82, 2.24) is 0 Å². The first-order valence-corrected chi connectivity index (χ1v) is 6.27. The van der Waals surface area contributed by atoms with Crippen molar-refractivity contribution in [3.05, 3.63) is 41.7 Å². The zero-order valence-corrected chi connectivity index (χ0v) is 10.1. The van der Waals surface area contributed by atoms with E-state index in [1.165, 1.54) is 31.2 Å². The lowest BCUT2D eigenvalue weighted by Crippen LogP contribution is -2.10. The second kappa shape index (κ2) is 5.44. The standard InChI is InChI=1S/C15H18F2/c1-11-2-4-12(5-3-11)13-6-8-14(9-7-13)15(17)10-16/h6-12H,2-5H2,1H3/b15-10+. The molecule has 1 aliphatic carbocycles. The largest absolute Gasteiger partial charge is 0.212 e. The molecule has 92 valence electrons. The van der Waals surface area contributed by atoms with Crippen LogP contribution >= 0.6 is 0 Å². The lowest BCUT2D eigenvalue weighted by Gasteiger charge is -2.26. The molecule has 1 aromatic rings. The fourth-order valence-corrected chi connectivity index (χ4v) is 2.57. The zero-order valence-electron chi connectivity index (χ0n) is 10.1. The summed E-state index contributed by atoms with van der Waals surface area (Å²) in [5, 5.41) is 0. The molecule has 1 fully saturated rings. The van der Waals surface area contributed by atoms with Crippen molar-refractivity contribution in [3.63, 3.8) is 0 Å². The highest BCUT2D eigenvalue weighted by Crippen LogP contribution is 2.35. The highest BCUT2D eigenvalue weighted by molar-refractivity contribution is 5.58. The van der Waals surface area contributed by atoms with E-state index in [9.17, 15) is 8.78 Å². The van der Waals surface area contributed by atoms with Gasteiger partial charge in [-0.3, -0.25) is 0 Å². The van der Waals surface area contributed by atoms with E-state index < -0.39 is 5.83 Å². The third-order valence-electron chi connectivity index (χ3n) is 3.77. The van der Waals surface area contributed by atoms with E-state index in [0.29, 0.717) is 11.5 Å². The smallest absolute Gasteiger partial charge is 0.158 e. The second-order valence-corrected chi connectivity index (χ2v) is 5.04. The summed E-state index contributed by atoms with van der Waals surface area (Å²) >= 11 is 0. The summed E-state index contributed by atoms with van der Waals surface area (Å²) in [6.45, 7) is 2.29. The molecule has 1 aromatic carbocycles. The summed E-state index contributed by atoms with van der Waals surface area (Å²) < 4.78 is 25.0. The Morgan fingerprint density at radius 3 is 2.24 bits per heavy atom. The van der Waals surface area contributed by atoms with Gasteiger partial charge in [-0.1, -0.05) is 44.0 Å². The van der Waals surface area contributed by atoms with Gasteiger partial charge in [0.2, 0.25) is 0 Å². The Labute approximate surface area is 101 Å². The third kappa shape index (κ3) is 2.93. The Morgan fingerprint density at radius 1 is 1.12 bits per heavy atom. The molecule has 2 heteroatoms. The molecule has 1 saturated carbocycles. The molecule has 0 aromatic heterocycles. The van der Waals surface area contributed by atoms with E-state index in [1.807, 2.05) is 12.1 Å². The van der Waals surface area contributed by atoms with Crippen molar-refractivity contribution in [3.8, 4) is 0 Å². The number of benzene rings is 1. The third-order valence-corrected chi connectivity index (χ3v) is 3.77. The van der Waals surface area contributed by atoms with Gasteiger partial charge in [-0.25, -0.2) is 8.78 Å². The van der Waals surface area contributed by atoms with E-state index in [2.05, 4.69) is 6.92 Å². The van der Waals surface area contributed by atoms with E-state index in [-0.39, 0.29) is 6.33 Å².